The number of fused-ring (bicyclic) bond motifs is 12. The van der Waals surface area contributed by atoms with Crippen LogP contribution in [0.15, 0.2) is 186 Å². The van der Waals surface area contributed by atoms with Gasteiger partial charge in [0.05, 0.1) is 11.1 Å². The maximum absolute atomic E-state index is 7.75. The summed E-state index contributed by atoms with van der Waals surface area (Å²) in [5.74, 6) is 3.52. The topological polar surface area (TPSA) is 93.9 Å². The first kappa shape index (κ1) is 56.5. The molecular formula is C78H85B4N9O4+4. The van der Waals surface area contributed by atoms with Crippen LogP contribution in [0, 0.1) is 48.3 Å². The number of benzene rings is 3. The van der Waals surface area contributed by atoms with Crippen molar-refractivity contribution in [3.05, 3.63) is 230 Å². The number of nitrogens with zero attached hydrogens (tertiary/aromatic N) is 9. The van der Waals surface area contributed by atoms with Gasteiger partial charge in [0, 0.05) is 87.7 Å². The van der Waals surface area contributed by atoms with E-state index in [4.69, 9.17) is 25.9 Å². The third-order valence-electron chi connectivity index (χ3n) is 19.5. The van der Waals surface area contributed by atoms with Crippen molar-refractivity contribution in [3.8, 4) is 0 Å². The number of hydrogen-bond acceptors (Lipinski definition) is 9. The molecule has 16 rings (SSSR count). The van der Waals surface area contributed by atoms with Crippen LogP contribution in [0.2, 0.25) is 0 Å². The van der Waals surface area contributed by atoms with Gasteiger partial charge in [0.1, 0.15) is 44.9 Å². The van der Waals surface area contributed by atoms with E-state index in [-0.39, 0.29) is 27.4 Å². The van der Waals surface area contributed by atoms with Crippen molar-refractivity contribution in [2.45, 2.75) is 76.0 Å². The Kier molecular flexibility index (Phi) is 14.9. The first-order valence-electron chi connectivity index (χ1n) is 35.4. The summed E-state index contributed by atoms with van der Waals surface area (Å²) >= 11 is 0. The number of aromatic nitrogens is 5. The molecule has 0 unspecified atom stereocenters. The lowest BCUT2D eigenvalue weighted by atomic mass is 9.49. The zero-order chi connectivity index (χ0) is 72.2. The van der Waals surface area contributed by atoms with Crippen LogP contribution in [0.4, 0.5) is 23.3 Å². The Labute approximate surface area is 569 Å². The molecule has 0 N–H and O–H groups in total. The Hall–Kier alpha value is -10.0. The monoisotopic (exact) mass is 1260 g/mol. The summed E-state index contributed by atoms with van der Waals surface area (Å²) in [7, 11) is 16.3. The van der Waals surface area contributed by atoms with Crippen LogP contribution >= 0.6 is 0 Å². The van der Waals surface area contributed by atoms with Crippen LogP contribution in [-0.2, 0) is 28.2 Å². The second kappa shape index (κ2) is 25.0. The van der Waals surface area contributed by atoms with Gasteiger partial charge in [-0.1, -0.05) is 94.7 Å². The number of allylic oxidation sites excluding steroid dienone is 4. The minimum Gasteiger partial charge on any atom is -0.441 e. The van der Waals surface area contributed by atoms with Crippen LogP contribution in [-0.4, -0.2) is 60.6 Å². The molecule has 0 saturated carbocycles. The Morgan fingerprint density at radius 1 is 0.389 bits per heavy atom. The van der Waals surface area contributed by atoms with E-state index in [0.717, 1.165) is 95.6 Å². The molecule has 95 heavy (non-hydrogen) atoms. The number of pyridine rings is 5. The summed E-state index contributed by atoms with van der Waals surface area (Å²) in [6.45, 7) is 15.0. The van der Waals surface area contributed by atoms with Crippen molar-refractivity contribution >= 4 is 141 Å². The summed E-state index contributed by atoms with van der Waals surface area (Å²) in [6, 6.07) is 40.7. The summed E-state index contributed by atoms with van der Waals surface area (Å²) < 4.78 is 78.7. The quantitative estimate of drug-likeness (QED) is 0.126. The third kappa shape index (κ3) is 11.5. The third-order valence-corrected chi connectivity index (χ3v) is 19.5. The highest BCUT2D eigenvalue weighted by molar-refractivity contribution is 6.84. The molecule has 13 heterocycles. The SMILES string of the molecule is CC1=Cc2c(oc3ccccc23)N(C)B1c1cc(C)cc[n+]1C.CC1=Cc2oc3nc(C)ccc3c2N(C)B1c1cc(C)c(C)c[n+]1C.[2H]C([2H])([2H])c1c[n+](C)c(B2C(C)=Cc3c(oc4ccccc34)N2C)cc1C.[2H]C([2H])([2H])c1ccc(B2C(C)=Cc3c(oc4ccccc34)N2C)[n+](C)c1. The zero-order valence-corrected chi connectivity index (χ0v) is 57.6. The molecule has 0 spiro atoms. The molecule has 0 saturated heterocycles. The maximum Gasteiger partial charge on any atom is 0.401 e. The van der Waals surface area contributed by atoms with E-state index in [0.29, 0.717) is 16.8 Å². The van der Waals surface area contributed by atoms with Crippen molar-refractivity contribution in [1.29, 1.82) is 0 Å². The lowest BCUT2D eigenvalue weighted by molar-refractivity contribution is -0.654. The smallest absolute Gasteiger partial charge is 0.401 e. The van der Waals surface area contributed by atoms with Crippen LogP contribution in [0.3, 0.4) is 0 Å². The van der Waals surface area contributed by atoms with Gasteiger partial charge in [0.25, 0.3) is 0 Å². The fraction of sp³-hybridized carbons (Fsp3) is 0.244. The van der Waals surface area contributed by atoms with Gasteiger partial charge < -0.3 is 36.9 Å². The molecule has 0 atom stereocenters. The van der Waals surface area contributed by atoms with E-state index >= 15 is 0 Å². The van der Waals surface area contributed by atoms with Gasteiger partial charge in [0.2, 0.25) is 5.71 Å². The van der Waals surface area contributed by atoms with Crippen molar-refractivity contribution in [3.63, 3.8) is 0 Å². The van der Waals surface area contributed by atoms with Gasteiger partial charge in [0.15, 0.2) is 70.6 Å². The van der Waals surface area contributed by atoms with E-state index in [2.05, 4.69) is 195 Å². The molecule has 12 aromatic rings. The molecule has 3 aromatic carbocycles. The molecular weight excluding hydrogens is 1170 g/mol. The fourth-order valence-corrected chi connectivity index (χ4v) is 14.6. The van der Waals surface area contributed by atoms with Crippen LogP contribution in [0.25, 0.3) is 68.3 Å². The molecule has 474 valence electrons. The van der Waals surface area contributed by atoms with Gasteiger partial charge in [-0.25, -0.2) is 23.3 Å². The standard InChI is InChI=1S/C20H23BN3O.C20H22BN2O.2C19H20BN2O/c1-12-9-18(23(5)11-13(12)2)21-14(3)10-17-19(24(21)6)16-8-7-15(4)22-20(16)25-17;1-13-10-19(22(4)12-14(13)2)21-15(3)11-17-16-8-6-7-9-18(16)24-20(17)23(21)5;1-13-9-10-18(21(3)12-13)20-14(2)11-16-15-7-5-6-8-17(15)23-19(16)22(20)4;1-13-9-10-21(3)18(11-13)20-14(2)12-16-15-7-5-6-8-17(15)23-19(16)22(20)4/h7-11H,1-6H3;6-12H,1-5H3;2*5-12H,1-4H3/q4*+1/i;2D3;1D3;. The Morgan fingerprint density at radius 2 is 0.832 bits per heavy atom. The number of para-hydroxylation sites is 3. The lowest BCUT2D eigenvalue weighted by Crippen LogP contribution is -2.62. The molecule has 0 amide bonds. The normalized spacial score (nSPS) is 15.3. The lowest BCUT2D eigenvalue weighted by Gasteiger charge is -2.29. The van der Waals surface area contributed by atoms with Gasteiger partial charge in [-0.05, 0) is 169 Å². The van der Waals surface area contributed by atoms with E-state index in [1.165, 1.54) is 60.7 Å². The summed E-state index contributed by atoms with van der Waals surface area (Å²) in [5.41, 5.74) is 23.8. The minimum absolute atomic E-state index is 0.0151. The van der Waals surface area contributed by atoms with Crippen LogP contribution in [0.1, 0.15) is 97.4 Å². The Bertz CT molecular complexity index is 5430. The molecule has 9 aromatic heterocycles. The average molecular weight is 1260 g/mol. The van der Waals surface area contributed by atoms with Crippen molar-refractivity contribution in [2.75, 3.05) is 47.4 Å². The first-order valence-corrected chi connectivity index (χ1v) is 32.4. The zero-order valence-electron chi connectivity index (χ0n) is 63.6. The van der Waals surface area contributed by atoms with E-state index in [1.807, 2.05) is 118 Å². The molecule has 0 radical (unpaired) electrons. The first-order chi connectivity index (χ1) is 47.9. The van der Waals surface area contributed by atoms with E-state index in [9.17, 15) is 0 Å². The molecule has 13 nitrogen and oxygen atoms in total. The molecule has 0 fully saturated rings. The predicted molar refractivity (Wildman–Crippen MR) is 396 cm³/mol. The van der Waals surface area contributed by atoms with Gasteiger partial charge in [-0.3, -0.25) is 0 Å². The predicted octanol–water partition coefficient (Wildman–Crippen LogP) is 11.7. The highest BCUT2D eigenvalue weighted by Gasteiger charge is 2.43. The Balaban J connectivity index is 0.000000121. The molecule has 4 aliphatic rings. The Morgan fingerprint density at radius 3 is 1.33 bits per heavy atom. The largest absolute Gasteiger partial charge is 0.441 e. The van der Waals surface area contributed by atoms with Gasteiger partial charge in [-0.2, -0.15) is 0 Å². The number of furan rings is 4. The van der Waals surface area contributed by atoms with Gasteiger partial charge >= 0.3 is 27.4 Å². The summed E-state index contributed by atoms with van der Waals surface area (Å²) in [6.07, 6.45) is 16.5. The van der Waals surface area contributed by atoms with Crippen LogP contribution < -0.4 is 59.9 Å². The highest BCUT2D eigenvalue weighted by atomic mass is 16.4. The molecule has 17 heteroatoms. The number of rotatable bonds is 4. The number of anilines is 4. The minimum atomic E-state index is -2.12. The van der Waals surface area contributed by atoms with Crippen molar-refractivity contribution < 1.29 is 44.2 Å². The van der Waals surface area contributed by atoms with Crippen LogP contribution in [0.5, 0.6) is 0 Å². The highest BCUT2D eigenvalue weighted by Crippen LogP contribution is 2.42. The van der Waals surface area contributed by atoms with Gasteiger partial charge in [-0.15, -0.1) is 0 Å². The van der Waals surface area contributed by atoms with Crippen molar-refractivity contribution in [2.24, 2.45) is 28.2 Å². The summed E-state index contributed by atoms with van der Waals surface area (Å²) in [5, 5.41) is 4.47. The van der Waals surface area contributed by atoms with E-state index < -0.39 is 13.7 Å². The average Bonchev–Trinajstić information content (AvgIpc) is 1.69. The fourth-order valence-electron chi connectivity index (χ4n) is 14.6. The second-order valence-corrected chi connectivity index (χ2v) is 26.5. The number of hydrogen-bond donors (Lipinski definition) is 0. The second-order valence-electron chi connectivity index (χ2n) is 26.5. The maximum atomic E-state index is 7.75. The number of aryl methyl sites for hydroxylation is 11. The molecule has 0 aliphatic carbocycles. The van der Waals surface area contributed by atoms with E-state index in [1.54, 1.807) is 18.5 Å². The summed E-state index contributed by atoms with van der Waals surface area (Å²) in [4.78, 5) is 13.4. The molecule has 0 bridgehead atoms. The van der Waals surface area contributed by atoms with Crippen molar-refractivity contribution in [1.82, 2.24) is 4.98 Å². The molecule has 4 aliphatic heterocycles.